The number of rotatable bonds is 2. The quantitative estimate of drug-likeness (QED) is 0.629. The topological polar surface area (TPSA) is 3.24 Å². The van der Waals surface area contributed by atoms with Gasteiger partial charge in [-0.15, -0.1) is 22.0 Å². The number of nitrogens with zero attached hydrogens (tertiary/aromatic N) is 1. The van der Waals surface area contributed by atoms with E-state index in [1.54, 1.807) is 18.2 Å². The average molecular weight is 417 g/mol. The van der Waals surface area contributed by atoms with Crippen LogP contribution >= 0.6 is 27.5 Å². The Labute approximate surface area is 151 Å². The van der Waals surface area contributed by atoms with Gasteiger partial charge in [-0.05, 0) is 18.7 Å². The van der Waals surface area contributed by atoms with Crippen molar-refractivity contribution in [2.24, 2.45) is 0 Å². The Hall–Kier alpha value is 0.0439. The molecule has 1 aromatic carbocycles. The van der Waals surface area contributed by atoms with Crippen molar-refractivity contribution in [3.8, 4) is 0 Å². The van der Waals surface area contributed by atoms with E-state index in [1.807, 2.05) is 11.8 Å². The molecule has 1 aliphatic heterocycles. The fourth-order valence-corrected chi connectivity index (χ4v) is 2.30. The Morgan fingerprint density at radius 2 is 2.16 bits per heavy atom. The van der Waals surface area contributed by atoms with E-state index in [4.69, 9.17) is 11.6 Å². The van der Waals surface area contributed by atoms with Crippen LogP contribution in [0.1, 0.15) is 12.5 Å². The molecule has 0 saturated heterocycles. The summed E-state index contributed by atoms with van der Waals surface area (Å²) in [6, 6.07) is 4.62. The number of allylic oxidation sites excluding steroid dienone is 3. The first-order valence-electron chi connectivity index (χ1n) is 5.46. The van der Waals surface area contributed by atoms with Gasteiger partial charge in [-0.25, -0.2) is 4.39 Å². The first-order chi connectivity index (χ1) is 8.54. The van der Waals surface area contributed by atoms with Gasteiger partial charge >= 0.3 is 0 Å². The number of likely N-dealkylation sites (N-methyl/N-ethyl adjacent to an activating group) is 1. The van der Waals surface area contributed by atoms with Crippen molar-refractivity contribution < 1.29 is 37.1 Å². The summed E-state index contributed by atoms with van der Waals surface area (Å²) in [5, 5.41) is 0.381. The summed E-state index contributed by atoms with van der Waals surface area (Å²) in [6.45, 7) is 6.64. The second kappa shape index (κ2) is 7.17. The number of hydrogen-bond acceptors (Lipinski definition) is 1. The molecule has 1 nitrogen and oxygen atoms in total. The van der Waals surface area contributed by atoms with Gasteiger partial charge < -0.3 is 4.90 Å². The van der Waals surface area contributed by atoms with Crippen LogP contribution in [-0.4, -0.2) is 11.4 Å². The van der Waals surface area contributed by atoms with E-state index in [-0.39, 0.29) is 38.5 Å². The fourth-order valence-electron chi connectivity index (χ4n) is 1.81. The maximum absolute atomic E-state index is 13.9. The van der Waals surface area contributed by atoms with Crippen LogP contribution in [-0.2, 0) is 32.7 Å². The van der Waals surface area contributed by atoms with Crippen molar-refractivity contribution in [3.05, 3.63) is 63.5 Å². The summed E-state index contributed by atoms with van der Waals surface area (Å²) in [7, 11) is 0. The third kappa shape index (κ3) is 3.58. The van der Waals surface area contributed by atoms with Gasteiger partial charge in [-0.3, -0.25) is 0 Å². The third-order valence-electron chi connectivity index (χ3n) is 2.71. The van der Waals surface area contributed by atoms with Gasteiger partial charge in [0.15, 0.2) is 0 Å². The van der Waals surface area contributed by atoms with Crippen LogP contribution in [0.4, 0.5) is 4.39 Å². The average Bonchev–Trinajstić information content (AvgIpc) is 2.33. The predicted octanol–water partition coefficient (Wildman–Crippen LogP) is 4.75. The van der Waals surface area contributed by atoms with Crippen LogP contribution in [0.2, 0.25) is 5.02 Å². The Morgan fingerprint density at radius 1 is 1.47 bits per heavy atom. The number of halogens is 3. The molecule has 0 aromatic heterocycles. The van der Waals surface area contributed by atoms with Crippen molar-refractivity contribution in [3.63, 3.8) is 0 Å². The molecule has 0 bridgehead atoms. The third-order valence-corrected chi connectivity index (χ3v) is 3.63. The number of benzene rings is 1. The molecule has 0 saturated carbocycles. The van der Waals surface area contributed by atoms with Crippen molar-refractivity contribution in [2.75, 3.05) is 6.54 Å². The molecule has 1 radical (unpaired) electrons. The first kappa shape index (κ1) is 17.1. The van der Waals surface area contributed by atoms with Crippen LogP contribution in [0.5, 0.6) is 0 Å². The molecule has 97 valence electrons. The van der Waals surface area contributed by atoms with Crippen molar-refractivity contribution in [2.45, 2.75) is 6.92 Å². The van der Waals surface area contributed by atoms with Crippen LogP contribution < -0.4 is 0 Å². The van der Waals surface area contributed by atoms with Gasteiger partial charge in [0.05, 0.1) is 5.82 Å². The van der Waals surface area contributed by atoms with Crippen LogP contribution in [0.3, 0.4) is 0 Å². The monoisotopic (exact) mass is 415 g/mol. The minimum absolute atomic E-state index is 0. The Balaban J connectivity index is 0.00000180. The van der Waals surface area contributed by atoms with E-state index in [2.05, 4.69) is 28.6 Å². The summed E-state index contributed by atoms with van der Waals surface area (Å²) in [5.41, 5.74) is 1.93. The summed E-state index contributed by atoms with van der Waals surface area (Å²) in [5.74, 6) is -0.359. The minimum Gasteiger partial charge on any atom is -0.375 e. The van der Waals surface area contributed by atoms with Crippen LogP contribution in [0.25, 0.3) is 5.70 Å². The second-order valence-corrected chi connectivity index (χ2v) is 5.09. The number of hydrogen-bond donors (Lipinski definition) is 0. The molecular weight excluding hydrogens is 405 g/mol. The minimum atomic E-state index is -0.359. The Kier molecular flexibility index (Phi) is 6.45. The molecule has 0 spiro atoms. The predicted molar refractivity (Wildman–Crippen MR) is 76.6 cm³/mol. The van der Waals surface area contributed by atoms with E-state index >= 15 is 0 Å². The van der Waals surface area contributed by atoms with E-state index in [1.165, 1.54) is 6.07 Å². The molecule has 2 rings (SSSR count). The standard InChI is InChI=1S/C14H11BrClFN.Y/c1-3-18-9(2)12(15)6-7-14(18)11-5-4-10(16)8-13(11)17;/h4-6,8H,2-3H2,1H3;/q-1;. The summed E-state index contributed by atoms with van der Waals surface area (Å²) in [6.07, 6.45) is 4.81. The molecule has 0 amide bonds. The van der Waals surface area contributed by atoms with Crippen molar-refractivity contribution in [1.29, 1.82) is 0 Å². The van der Waals surface area contributed by atoms with Crippen molar-refractivity contribution in [1.82, 2.24) is 4.90 Å². The smallest absolute Gasteiger partial charge is 0.0796 e. The molecule has 0 aliphatic carbocycles. The molecule has 19 heavy (non-hydrogen) atoms. The molecule has 5 heteroatoms. The zero-order valence-corrected chi connectivity index (χ0v) is 15.6. The molecule has 0 atom stereocenters. The van der Waals surface area contributed by atoms with Gasteiger partial charge in [-0.2, -0.15) is 12.2 Å². The van der Waals surface area contributed by atoms with Crippen molar-refractivity contribution >= 4 is 33.2 Å². The SMILES string of the molecule is C=C1C(Br)=C[C-]=C(c2ccc(Cl)cc2F)N1CC.[Y]. The van der Waals surface area contributed by atoms with Gasteiger partial charge in [0.2, 0.25) is 0 Å². The molecule has 1 heterocycles. The molecular formula is C14H11BrClFNY-. The zero-order chi connectivity index (χ0) is 13.3. The molecule has 0 N–H and O–H groups in total. The van der Waals surface area contributed by atoms with E-state index in [0.717, 1.165) is 10.2 Å². The van der Waals surface area contributed by atoms with E-state index in [9.17, 15) is 4.39 Å². The largest absolute Gasteiger partial charge is 0.375 e. The van der Waals surface area contributed by atoms with E-state index < -0.39 is 0 Å². The summed E-state index contributed by atoms with van der Waals surface area (Å²) >= 11 is 9.15. The van der Waals surface area contributed by atoms with Gasteiger partial charge in [0.25, 0.3) is 0 Å². The van der Waals surface area contributed by atoms with Crippen LogP contribution in [0, 0.1) is 11.9 Å². The normalized spacial score (nSPS) is 14.7. The molecule has 0 unspecified atom stereocenters. The molecule has 0 fully saturated rings. The summed E-state index contributed by atoms with van der Waals surface area (Å²) < 4.78 is 14.8. The maximum Gasteiger partial charge on any atom is 0.0796 e. The first-order valence-corrected chi connectivity index (χ1v) is 6.63. The fraction of sp³-hybridized carbons (Fsp3) is 0.143. The molecule has 1 aliphatic rings. The second-order valence-electron chi connectivity index (χ2n) is 3.80. The van der Waals surface area contributed by atoms with Gasteiger partial charge in [-0.1, -0.05) is 40.0 Å². The van der Waals surface area contributed by atoms with Crippen LogP contribution in [0.15, 0.2) is 41.0 Å². The Morgan fingerprint density at radius 3 is 2.74 bits per heavy atom. The van der Waals surface area contributed by atoms with E-state index in [0.29, 0.717) is 22.8 Å². The van der Waals surface area contributed by atoms with Gasteiger partial charge in [0.1, 0.15) is 0 Å². The van der Waals surface area contributed by atoms with Gasteiger partial charge in [0, 0.05) is 44.3 Å². The summed E-state index contributed by atoms with van der Waals surface area (Å²) in [4.78, 5) is 1.90. The zero-order valence-electron chi connectivity index (χ0n) is 10.4. The maximum atomic E-state index is 13.9. The Bertz CT molecular complexity index is 569. The molecule has 1 aromatic rings.